The van der Waals surface area contributed by atoms with Gasteiger partial charge in [0.05, 0.1) is 11.1 Å². The second-order valence-corrected chi connectivity index (χ2v) is 5.88. The lowest BCUT2D eigenvalue weighted by atomic mass is 10.1. The van der Waals surface area contributed by atoms with Crippen molar-refractivity contribution in [1.82, 2.24) is 9.97 Å². The smallest absolute Gasteiger partial charge is 0.142 e. The van der Waals surface area contributed by atoms with Crippen LogP contribution in [0.25, 0.3) is 0 Å². The molecule has 1 aromatic heterocycles. The Morgan fingerprint density at radius 2 is 2.00 bits per heavy atom. The van der Waals surface area contributed by atoms with Crippen molar-refractivity contribution in [3.05, 3.63) is 52.2 Å². The molecule has 1 atom stereocenters. The molecule has 1 unspecified atom stereocenters. The van der Waals surface area contributed by atoms with Crippen molar-refractivity contribution in [1.29, 1.82) is 0 Å². The molecule has 0 aliphatic heterocycles. The van der Waals surface area contributed by atoms with E-state index in [-0.39, 0.29) is 17.5 Å². The molecule has 0 spiro atoms. The highest BCUT2D eigenvalue weighted by molar-refractivity contribution is 6.30. The highest BCUT2D eigenvalue weighted by Gasteiger charge is 2.11. The summed E-state index contributed by atoms with van der Waals surface area (Å²) >= 11 is 5.63. The number of rotatable bonds is 5. The van der Waals surface area contributed by atoms with Gasteiger partial charge in [-0.05, 0) is 24.6 Å². The quantitative estimate of drug-likeness (QED) is 0.877. The van der Waals surface area contributed by atoms with Crippen molar-refractivity contribution in [3.63, 3.8) is 0 Å². The van der Waals surface area contributed by atoms with Crippen molar-refractivity contribution in [2.45, 2.75) is 32.8 Å². The summed E-state index contributed by atoms with van der Waals surface area (Å²) in [6.07, 6.45) is -0.857. The van der Waals surface area contributed by atoms with Gasteiger partial charge in [0.15, 0.2) is 0 Å². The molecule has 0 saturated carbocycles. The maximum Gasteiger partial charge on any atom is 0.142 e. The van der Waals surface area contributed by atoms with Crippen LogP contribution in [0.4, 0.5) is 10.2 Å². The van der Waals surface area contributed by atoms with Gasteiger partial charge in [0.1, 0.15) is 17.5 Å². The Morgan fingerprint density at radius 1 is 1.27 bits per heavy atom. The lowest BCUT2D eigenvalue weighted by Crippen LogP contribution is -2.14. The Morgan fingerprint density at radius 3 is 2.64 bits per heavy atom. The first-order valence-corrected chi connectivity index (χ1v) is 7.47. The Hall–Kier alpha value is -1.72. The Kier molecular flexibility index (Phi) is 5.32. The third-order valence-corrected chi connectivity index (χ3v) is 3.50. The average Bonchev–Trinajstić information content (AvgIpc) is 2.47. The number of nitrogens with one attached hydrogen (secondary N) is 1. The summed E-state index contributed by atoms with van der Waals surface area (Å²) in [5.41, 5.74) is 1.32. The van der Waals surface area contributed by atoms with Crippen LogP contribution in [0.2, 0.25) is 5.02 Å². The first kappa shape index (κ1) is 16.6. The Labute approximate surface area is 134 Å². The summed E-state index contributed by atoms with van der Waals surface area (Å²) < 4.78 is 13.4. The van der Waals surface area contributed by atoms with Crippen LogP contribution in [0.15, 0.2) is 24.3 Å². The third kappa shape index (κ3) is 4.15. The second-order valence-electron chi connectivity index (χ2n) is 5.48. The summed E-state index contributed by atoms with van der Waals surface area (Å²) in [4.78, 5) is 8.76. The molecule has 1 aromatic carbocycles. The number of nitrogens with zero attached hydrogens (tertiary/aromatic N) is 2. The molecule has 0 radical (unpaired) electrons. The summed E-state index contributed by atoms with van der Waals surface area (Å²) in [5, 5.41) is 13.2. The molecule has 0 aliphatic rings. The minimum atomic E-state index is -0.857. The van der Waals surface area contributed by atoms with Crippen molar-refractivity contribution in [2.24, 2.45) is 0 Å². The minimum Gasteiger partial charge on any atom is -0.387 e. The van der Waals surface area contributed by atoms with E-state index >= 15 is 0 Å². The number of anilines is 1. The largest absolute Gasteiger partial charge is 0.387 e. The molecule has 118 valence electrons. The molecule has 2 rings (SSSR count). The Balaban J connectivity index is 2.07. The van der Waals surface area contributed by atoms with Crippen LogP contribution in [0, 0.1) is 12.7 Å². The van der Waals surface area contributed by atoms with E-state index in [9.17, 15) is 9.50 Å². The van der Waals surface area contributed by atoms with Crippen LogP contribution < -0.4 is 5.32 Å². The number of hydrogen-bond donors (Lipinski definition) is 2. The fourth-order valence-corrected chi connectivity index (χ4v) is 2.10. The highest BCUT2D eigenvalue weighted by atomic mass is 35.5. The average molecular weight is 324 g/mol. The van der Waals surface area contributed by atoms with Gasteiger partial charge >= 0.3 is 0 Å². The molecule has 1 heterocycles. The van der Waals surface area contributed by atoms with Gasteiger partial charge in [0.25, 0.3) is 0 Å². The van der Waals surface area contributed by atoms with E-state index in [1.807, 2.05) is 20.8 Å². The van der Waals surface area contributed by atoms with Crippen LogP contribution in [-0.2, 0) is 0 Å². The monoisotopic (exact) mass is 323 g/mol. The van der Waals surface area contributed by atoms with Crippen LogP contribution in [-0.4, -0.2) is 21.6 Å². The zero-order valence-corrected chi connectivity index (χ0v) is 13.5. The van der Waals surface area contributed by atoms with Gasteiger partial charge in [0.2, 0.25) is 0 Å². The lowest BCUT2D eigenvalue weighted by Gasteiger charge is -2.14. The molecule has 0 amide bonds. The first-order chi connectivity index (χ1) is 10.4. The molecule has 0 saturated heterocycles. The zero-order chi connectivity index (χ0) is 16.3. The summed E-state index contributed by atoms with van der Waals surface area (Å²) in [6.45, 7) is 6.15. The molecule has 0 bridgehead atoms. The lowest BCUT2D eigenvalue weighted by molar-refractivity contribution is 0.191. The van der Waals surface area contributed by atoms with Crippen molar-refractivity contribution >= 4 is 17.4 Å². The summed E-state index contributed by atoms with van der Waals surface area (Å²) in [7, 11) is 0. The zero-order valence-electron chi connectivity index (χ0n) is 12.8. The minimum absolute atomic E-state index is 0.0388. The molecule has 2 N–H and O–H groups in total. The third-order valence-electron chi connectivity index (χ3n) is 3.19. The van der Waals surface area contributed by atoms with Crippen molar-refractivity contribution in [2.75, 3.05) is 11.9 Å². The molecule has 0 aliphatic carbocycles. The number of aryl methyl sites for hydroxylation is 1. The van der Waals surface area contributed by atoms with E-state index in [4.69, 9.17) is 11.6 Å². The van der Waals surface area contributed by atoms with Gasteiger partial charge in [0, 0.05) is 24.2 Å². The van der Waals surface area contributed by atoms with Crippen LogP contribution >= 0.6 is 11.6 Å². The fourth-order valence-electron chi connectivity index (χ4n) is 1.98. The molecule has 22 heavy (non-hydrogen) atoms. The summed E-state index contributed by atoms with van der Waals surface area (Å²) in [5.74, 6) is 1.06. The number of halogens is 2. The number of benzene rings is 1. The van der Waals surface area contributed by atoms with E-state index < -0.39 is 11.9 Å². The predicted octanol–water partition coefficient (Wildman–Crippen LogP) is 3.85. The van der Waals surface area contributed by atoms with Gasteiger partial charge in [-0.15, -0.1) is 0 Å². The molecule has 2 aromatic rings. The van der Waals surface area contributed by atoms with Crippen LogP contribution in [0.5, 0.6) is 0 Å². The molecule has 0 fully saturated rings. The number of aliphatic hydroxyl groups excluding tert-OH is 1. The number of aliphatic hydroxyl groups is 1. The van der Waals surface area contributed by atoms with Gasteiger partial charge in [-0.25, -0.2) is 14.4 Å². The van der Waals surface area contributed by atoms with Crippen LogP contribution in [0.3, 0.4) is 0 Å². The molecular formula is C16H19ClFN3O. The SMILES string of the molecule is Cc1cc(NCC(O)c2ccc(Cl)c(F)c2)nc(C(C)C)n1. The standard InChI is InChI=1S/C16H19ClFN3O/c1-9(2)16-20-10(3)6-15(21-16)19-8-14(22)11-4-5-12(17)13(18)7-11/h4-7,9,14,22H,8H2,1-3H3,(H,19,20,21). The van der Waals surface area contributed by atoms with Crippen molar-refractivity contribution in [3.8, 4) is 0 Å². The fraction of sp³-hybridized carbons (Fsp3) is 0.375. The highest BCUT2D eigenvalue weighted by Crippen LogP contribution is 2.21. The van der Waals surface area contributed by atoms with E-state index in [0.717, 1.165) is 11.5 Å². The van der Waals surface area contributed by atoms with Crippen molar-refractivity contribution < 1.29 is 9.50 Å². The number of aromatic nitrogens is 2. The molecule has 4 nitrogen and oxygen atoms in total. The topological polar surface area (TPSA) is 58.0 Å². The first-order valence-electron chi connectivity index (χ1n) is 7.09. The normalized spacial score (nSPS) is 12.5. The van der Waals surface area contributed by atoms with Gasteiger partial charge in [-0.3, -0.25) is 0 Å². The van der Waals surface area contributed by atoms with Gasteiger partial charge < -0.3 is 10.4 Å². The maximum absolute atomic E-state index is 13.4. The van der Waals surface area contributed by atoms with E-state index in [1.165, 1.54) is 12.1 Å². The predicted molar refractivity (Wildman–Crippen MR) is 85.7 cm³/mol. The maximum atomic E-state index is 13.4. The van der Waals surface area contributed by atoms with E-state index in [0.29, 0.717) is 11.4 Å². The van der Waals surface area contributed by atoms with Crippen LogP contribution in [0.1, 0.15) is 43.0 Å². The second kappa shape index (κ2) is 7.03. The summed E-state index contributed by atoms with van der Waals surface area (Å²) in [6, 6.07) is 6.07. The van der Waals surface area contributed by atoms with Gasteiger partial charge in [-0.1, -0.05) is 31.5 Å². The molecular weight excluding hydrogens is 305 g/mol. The Bertz CT molecular complexity index is 664. The molecule has 6 heteroatoms. The van der Waals surface area contributed by atoms with E-state index in [2.05, 4.69) is 15.3 Å². The van der Waals surface area contributed by atoms with Gasteiger partial charge in [-0.2, -0.15) is 0 Å². The number of hydrogen-bond acceptors (Lipinski definition) is 4. The van der Waals surface area contributed by atoms with E-state index in [1.54, 1.807) is 12.1 Å².